The number of rotatable bonds is 7. The number of nitrogens with one attached hydrogen (secondary N) is 1. The second-order valence-electron chi connectivity index (χ2n) is 7.47. The number of hydrogen-bond donors (Lipinski definition) is 2. The number of amides is 2. The molecule has 0 saturated carbocycles. The molecule has 2 aromatic rings. The van der Waals surface area contributed by atoms with Crippen molar-refractivity contribution in [3.63, 3.8) is 0 Å². The van der Waals surface area contributed by atoms with E-state index in [-0.39, 0.29) is 24.4 Å². The van der Waals surface area contributed by atoms with E-state index in [4.69, 9.17) is 5.11 Å². The highest BCUT2D eigenvalue weighted by Gasteiger charge is 2.26. The van der Waals surface area contributed by atoms with Crippen molar-refractivity contribution < 1.29 is 14.7 Å². The zero-order valence-corrected chi connectivity index (χ0v) is 16.3. The fourth-order valence-electron chi connectivity index (χ4n) is 3.47. The average Bonchev–Trinajstić information content (AvgIpc) is 3.10. The van der Waals surface area contributed by atoms with Crippen LogP contribution >= 0.6 is 0 Å². The zero-order chi connectivity index (χ0) is 20.1. The summed E-state index contributed by atoms with van der Waals surface area (Å²) in [7, 11) is 0. The van der Waals surface area contributed by atoms with Crippen LogP contribution in [0.4, 0.5) is 4.79 Å². The van der Waals surface area contributed by atoms with E-state index in [0.717, 1.165) is 17.2 Å². The Bertz CT molecular complexity index is 819. The first kappa shape index (κ1) is 19.9. The standard InChI is InChI=1S/C20H27N5O3/c1-14(2)19-23-22-17-13-24(10-11-25(17)19)20(28)21-16(8-9-18(26)27)12-15-6-4-3-5-7-15/h3-7,14,16H,8-13H2,1-2H3,(H,21,28)(H,26,27). The third-order valence-corrected chi connectivity index (χ3v) is 4.94. The number of aliphatic carboxylic acids is 1. The van der Waals surface area contributed by atoms with Crippen molar-refractivity contribution in [2.45, 2.75) is 58.2 Å². The maximum atomic E-state index is 12.8. The van der Waals surface area contributed by atoms with Crippen molar-refractivity contribution in [3.8, 4) is 0 Å². The SMILES string of the molecule is CC(C)c1nnc2n1CCN(C(=O)NC(CCC(=O)O)Cc1ccccc1)C2. The van der Waals surface area contributed by atoms with E-state index in [1.54, 1.807) is 4.90 Å². The van der Waals surface area contributed by atoms with Gasteiger partial charge in [-0.2, -0.15) is 0 Å². The van der Waals surface area contributed by atoms with Crippen LogP contribution in [0.25, 0.3) is 0 Å². The number of carbonyl (C=O) groups is 2. The molecule has 1 aliphatic rings. The molecule has 2 amide bonds. The van der Waals surface area contributed by atoms with Crippen molar-refractivity contribution in [2.24, 2.45) is 0 Å². The van der Waals surface area contributed by atoms with E-state index < -0.39 is 5.97 Å². The van der Waals surface area contributed by atoms with E-state index in [1.807, 2.05) is 30.3 Å². The number of carboxylic acids is 1. The van der Waals surface area contributed by atoms with Crippen LogP contribution < -0.4 is 5.32 Å². The molecule has 1 aromatic heterocycles. The molecule has 1 atom stereocenters. The summed E-state index contributed by atoms with van der Waals surface area (Å²) in [5.74, 6) is 1.15. The maximum Gasteiger partial charge on any atom is 0.318 e. The lowest BCUT2D eigenvalue weighted by Crippen LogP contribution is -2.48. The first-order valence-corrected chi connectivity index (χ1v) is 9.67. The Morgan fingerprint density at radius 1 is 1.18 bits per heavy atom. The minimum absolute atomic E-state index is 0.0177. The van der Waals surface area contributed by atoms with Gasteiger partial charge in [0.25, 0.3) is 0 Å². The lowest BCUT2D eigenvalue weighted by atomic mass is 10.0. The van der Waals surface area contributed by atoms with Crippen molar-refractivity contribution >= 4 is 12.0 Å². The van der Waals surface area contributed by atoms with Crippen molar-refractivity contribution in [2.75, 3.05) is 6.54 Å². The predicted molar refractivity (Wildman–Crippen MR) is 104 cm³/mol. The van der Waals surface area contributed by atoms with E-state index in [2.05, 4.69) is 33.9 Å². The summed E-state index contributed by atoms with van der Waals surface area (Å²) >= 11 is 0. The summed E-state index contributed by atoms with van der Waals surface area (Å²) in [6.07, 6.45) is 1.00. The van der Waals surface area contributed by atoms with Crippen molar-refractivity contribution in [1.29, 1.82) is 0 Å². The van der Waals surface area contributed by atoms with E-state index in [9.17, 15) is 9.59 Å². The molecule has 0 fully saturated rings. The molecule has 0 spiro atoms. The minimum atomic E-state index is -0.861. The molecular weight excluding hydrogens is 358 g/mol. The van der Waals surface area contributed by atoms with Gasteiger partial charge in [-0.25, -0.2) is 4.79 Å². The van der Waals surface area contributed by atoms with Crippen LogP contribution in [0.2, 0.25) is 0 Å². The molecule has 28 heavy (non-hydrogen) atoms. The highest BCUT2D eigenvalue weighted by Crippen LogP contribution is 2.18. The average molecular weight is 385 g/mol. The van der Waals surface area contributed by atoms with Crippen molar-refractivity contribution in [3.05, 3.63) is 47.5 Å². The number of fused-ring (bicyclic) bond motifs is 1. The van der Waals surface area contributed by atoms with Gasteiger partial charge in [-0.3, -0.25) is 4.79 Å². The molecule has 1 aliphatic heterocycles. The summed E-state index contributed by atoms with van der Waals surface area (Å²) in [6.45, 7) is 5.80. The fourth-order valence-corrected chi connectivity index (χ4v) is 3.47. The first-order chi connectivity index (χ1) is 13.4. The van der Waals surface area contributed by atoms with Crippen molar-refractivity contribution in [1.82, 2.24) is 25.0 Å². The van der Waals surface area contributed by atoms with Crippen LogP contribution in [-0.2, 0) is 24.3 Å². The second kappa shape index (κ2) is 8.86. The number of carbonyl (C=O) groups excluding carboxylic acids is 1. The lowest BCUT2D eigenvalue weighted by Gasteiger charge is -2.30. The number of benzene rings is 1. The predicted octanol–water partition coefficient (Wildman–Crippen LogP) is 2.40. The van der Waals surface area contributed by atoms with Gasteiger partial charge >= 0.3 is 12.0 Å². The molecule has 1 unspecified atom stereocenters. The van der Waals surface area contributed by atoms with Gasteiger partial charge in [0.1, 0.15) is 5.82 Å². The lowest BCUT2D eigenvalue weighted by molar-refractivity contribution is -0.137. The summed E-state index contributed by atoms with van der Waals surface area (Å²) in [6, 6.07) is 9.35. The molecule has 0 saturated heterocycles. The molecule has 1 aromatic carbocycles. The van der Waals surface area contributed by atoms with E-state index in [0.29, 0.717) is 32.5 Å². The molecular formula is C20H27N5O3. The number of carboxylic acid groups (broad SMARTS) is 1. The van der Waals surface area contributed by atoms with Crippen LogP contribution in [-0.4, -0.2) is 49.4 Å². The molecule has 0 radical (unpaired) electrons. The molecule has 2 N–H and O–H groups in total. The monoisotopic (exact) mass is 385 g/mol. The molecule has 3 rings (SSSR count). The Kier molecular flexibility index (Phi) is 6.28. The number of aromatic nitrogens is 3. The Morgan fingerprint density at radius 3 is 2.61 bits per heavy atom. The van der Waals surface area contributed by atoms with Gasteiger partial charge in [-0.05, 0) is 18.4 Å². The van der Waals surface area contributed by atoms with Crippen LogP contribution in [0.1, 0.15) is 49.8 Å². The van der Waals surface area contributed by atoms with Crippen LogP contribution in [0.5, 0.6) is 0 Å². The Morgan fingerprint density at radius 2 is 1.93 bits per heavy atom. The fraction of sp³-hybridized carbons (Fsp3) is 0.500. The summed E-state index contributed by atoms with van der Waals surface area (Å²) in [5, 5.41) is 20.5. The Labute approximate surface area is 164 Å². The van der Waals surface area contributed by atoms with Gasteiger partial charge in [-0.15, -0.1) is 10.2 Å². The van der Waals surface area contributed by atoms with Gasteiger partial charge in [-0.1, -0.05) is 44.2 Å². The molecule has 2 heterocycles. The van der Waals surface area contributed by atoms with Gasteiger partial charge < -0.3 is 19.9 Å². The minimum Gasteiger partial charge on any atom is -0.481 e. The molecule has 150 valence electrons. The van der Waals surface area contributed by atoms with Gasteiger partial charge in [0, 0.05) is 31.5 Å². The maximum absolute atomic E-state index is 12.8. The summed E-state index contributed by atoms with van der Waals surface area (Å²) < 4.78 is 2.08. The first-order valence-electron chi connectivity index (χ1n) is 9.67. The third-order valence-electron chi connectivity index (χ3n) is 4.94. The Balaban J connectivity index is 1.64. The smallest absolute Gasteiger partial charge is 0.318 e. The highest BCUT2D eigenvalue weighted by molar-refractivity contribution is 5.74. The summed E-state index contributed by atoms with van der Waals surface area (Å²) in [5.41, 5.74) is 1.07. The Hall–Kier alpha value is -2.90. The van der Waals surface area contributed by atoms with E-state index in [1.165, 1.54) is 0 Å². The number of urea groups is 1. The normalized spacial score (nSPS) is 14.6. The number of hydrogen-bond acceptors (Lipinski definition) is 4. The van der Waals surface area contributed by atoms with Crippen LogP contribution in [0.3, 0.4) is 0 Å². The number of nitrogens with zero attached hydrogens (tertiary/aromatic N) is 4. The van der Waals surface area contributed by atoms with Gasteiger partial charge in [0.2, 0.25) is 0 Å². The molecule has 8 heteroatoms. The quantitative estimate of drug-likeness (QED) is 0.762. The molecule has 0 aliphatic carbocycles. The third kappa shape index (κ3) is 4.88. The van der Waals surface area contributed by atoms with Crippen LogP contribution in [0.15, 0.2) is 30.3 Å². The topological polar surface area (TPSA) is 100 Å². The molecule has 8 nitrogen and oxygen atoms in total. The van der Waals surface area contributed by atoms with Crippen LogP contribution in [0, 0.1) is 0 Å². The highest BCUT2D eigenvalue weighted by atomic mass is 16.4. The molecule has 0 bridgehead atoms. The van der Waals surface area contributed by atoms with E-state index >= 15 is 0 Å². The second-order valence-corrected chi connectivity index (χ2v) is 7.47. The zero-order valence-electron chi connectivity index (χ0n) is 16.3. The van der Waals surface area contributed by atoms with Gasteiger partial charge in [0.15, 0.2) is 5.82 Å². The van der Waals surface area contributed by atoms with Gasteiger partial charge in [0.05, 0.1) is 6.54 Å². The largest absolute Gasteiger partial charge is 0.481 e. The summed E-state index contributed by atoms with van der Waals surface area (Å²) in [4.78, 5) is 25.5.